The second-order valence-electron chi connectivity index (χ2n) is 5.70. The van der Waals surface area contributed by atoms with E-state index in [1.165, 1.54) is 57.9 Å². The summed E-state index contributed by atoms with van der Waals surface area (Å²) in [5.41, 5.74) is 0. The second-order valence-corrected chi connectivity index (χ2v) is 5.70. The third kappa shape index (κ3) is 3.62. The molecule has 16 heavy (non-hydrogen) atoms. The smallest absolute Gasteiger partial charge is 0.00698 e. The maximum absolute atomic E-state index is 3.82. The molecule has 0 aliphatic heterocycles. The predicted molar refractivity (Wildman–Crippen MR) is 70.5 cm³/mol. The summed E-state index contributed by atoms with van der Waals surface area (Å²) in [7, 11) is 0. The number of allylic oxidation sites excluding steroid dienone is 2. The first-order valence-corrected chi connectivity index (χ1v) is 7.27. The van der Waals surface area contributed by atoms with E-state index in [0.29, 0.717) is 0 Å². The van der Waals surface area contributed by atoms with Gasteiger partial charge in [0.1, 0.15) is 0 Å². The zero-order chi connectivity index (χ0) is 11.2. The van der Waals surface area contributed by atoms with Gasteiger partial charge in [0.2, 0.25) is 0 Å². The van der Waals surface area contributed by atoms with Crippen molar-refractivity contribution in [1.82, 2.24) is 5.32 Å². The summed E-state index contributed by atoms with van der Waals surface area (Å²) < 4.78 is 0. The van der Waals surface area contributed by atoms with Gasteiger partial charge in [0.05, 0.1) is 0 Å². The molecule has 0 aromatic heterocycles. The van der Waals surface area contributed by atoms with E-state index in [1.807, 2.05) is 0 Å². The Balaban J connectivity index is 1.66. The van der Waals surface area contributed by atoms with Crippen molar-refractivity contribution in [2.45, 2.75) is 64.3 Å². The Labute approximate surface area is 101 Å². The molecule has 2 rings (SSSR count). The first-order valence-electron chi connectivity index (χ1n) is 7.27. The lowest BCUT2D eigenvalue weighted by atomic mass is 9.84. The Morgan fingerprint density at radius 2 is 2.06 bits per heavy atom. The highest BCUT2D eigenvalue weighted by atomic mass is 14.9. The van der Waals surface area contributed by atoms with Crippen LogP contribution >= 0.6 is 0 Å². The third-order valence-electron chi connectivity index (χ3n) is 4.43. The lowest BCUT2D eigenvalue weighted by Crippen LogP contribution is -2.37. The van der Waals surface area contributed by atoms with Gasteiger partial charge in [-0.15, -0.1) is 0 Å². The molecule has 0 radical (unpaired) electrons. The predicted octanol–water partition coefficient (Wildman–Crippen LogP) is 3.90. The normalized spacial score (nSPS) is 35.2. The summed E-state index contributed by atoms with van der Waals surface area (Å²) in [6.45, 7) is 3.60. The minimum absolute atomic E-state index is 0.824. The number of hydrogen-bond donors (Lipinski definition) is 1. The van der Waals surface area contributed by atoms with Gasteiger partial charge >= 0.3 is 0 Å². The van der Waals surface area contributed by atoms with Crippen LogP contribution in [-0.2, 0) is 0 Å². The average molecular weight is 221 g/mol. The Kier molecular flexibility index (Phi) is 4.90. The number of nitrogens with one attached hydrogen (secondary N) is 1. The molecule has 1 N–H and O–H groups in total. The largest absolute Gasteiger partial charge is 0.314 e. The van der Waals surface area contributed by atoms with Gasteiger partial charge < -0.3 is 5.32 Å². The summed E-state index contributed by atoms with van der Waals surface area (Å²) in [4.78, 5) is 0. The van der Waals surface area contributed by atoms with Crippen LogP contribution in [0.25, 0.3) is 0 Å². The standard InChI is InChI=1S/C15H27N/c1-2-13-9-6-10-15(11-13)16-12-14-7-4-3-5-8-14/h3-4,13-16H,2,5-12H2,1H3. The molecule has 2 aliphatic carbocycles. The molecule has 1 fully saturated rings. The minimum atomic E-state index is 0.824. The Hall–Kier alpha value is -0.300. The second kappa shape index (κ2) is 6.44. The van der Waals surface area contributed by atoms with E-state index < -0.39 is 0 Å². The Morgan fingerprint density at radius 1 is 1.12 bits per heavy atom. The fraction of sp³-hybridized carbons (Fsp3) is 0.867. The summed E-state index contributed by atoms with van der Waals surface area (Å²) in [5.74, 6) is 1.91. The van der Waals surface area contributed by atoms with E-state index in [0.717, 1.165) is 17.9 Å². The Morgan fingerprint density at radius 3 is 2.81 bits per heavy atom. The summed E-state index contributed by atoms with van der Waals surface area (Å²) in [5, 5.41) is 3.82. The van der Waals surface area contributed by atoms with Gasteiger partial charge in [-0.2, -0.15) is 0 Å². The van der Waals surface area contributed by atoms with E-state index in [1.54, 1.807) is 0 Å². The van der Waals surface area contributed by atoms with Crippen LogP contribution in [0.3, 0.4) is 0 Å². The molecule has 3 atom stereocenters. The van der Waals surface area contributed by atoms with Crippen LogP contribution in [0.2, 0.25) is 0 Å². The molecule has 1 saturated carbocycles. The summed E-state index contributed by atoms with van der Waals surface area (Å²) in [6.07, 6.45) is 15.8. The van der Waals surface area contributed by atoms with Crippen molar-refractivity contribution in [3.05, 3.63) is 12.2 Å². The number of hydrogen-bond acceptors (Lipinski definition) is 1. The van der Waals surface area contributed by atoms with Crippen molar-refractivity contribution in [2.24, 2.45) is 11.8 Å². The van der Waals surface area contributed by atoms with Gasteiger partial charge in [-0.1, -0.05) is 38.3 Å². The lowest BCUT2D eigenvalue weighted by molar-refractivity contribution is 0.266. The van der Waals surface area contributed by atoms with Crippen molar-refractivity contribution in [3.8, 4) is 0 Å². The highest BCUT2D eigenvalue weighted by molar-refractivity contribution is 4.91. The molecule has 92 valence electrons. The van der Waals surface area contributed by atoms with Crippen LogP contribution in [0, 0.1) is 11.8 Å². The lowest BCUT2D eigenvalue weighted by Gasteiger charge is -2.31. The van der Waals surface area contributed by atoms with Crippen LogP contribution in [0.15, 0.2) is 12.2 Å². The monoisotopic (exact) mass is 221 g/mol. The Bertz CT molecular complexity index is 221. The van der Waals surface area contributed by atoms with Crippen LogP contribution in [0.5, 0.6) is 0 Å². The third-order valence-corrected chi connectivity index (χ3v) is 4.43. The fourth-order valence-corrected chi connectivity index (χ4v) is 3.22. The van der Waals surface area contributed by atoms with Gasteiger partial charge in [0.25, 0.3) is 0 Å². The van der Waals surface area contributed by atoms with Crippen LogP contribution < -0.4 is 5.32 Å². The first kappa shape index (κ1) is 12.2. The van der Waals surface area contributed by atoms with Crippen molar-refractivity contribution in [2.75, 3.05) is 6.54 Å². The molecule has 3 unspecified atom stereocenters. The molecule has 1 nitrogen and oxygen atoms in total. The van der Waals surface area contributed by atoms with Crippen LogP contribution in [-0.4, -0.2) is 12.6 Å². The van der Waals surface area contributed by atoms with Gasteiger partial charge in [-0.05, 0) is 50.5 Å². The highest BCUT2D eigenvalue weighted by Crippen LogP contribution is 2.27. The first-order chi connectivity index (χ1) is 7.88. The van der Waals surface area contributed by atoms with E-state index in [4.69, 9.17) is 0 Å². The summed E-state index contributed by atoms with van der Waals surface area (Å²) in [6, 6.07) is 0.824. The van der Waals surface area contributed by atoms with Gasteiger partial charge in [-0.3, -0.25) is 0 Å². The van der Waals surface area contributed by atoms with Crippen molar-refractivity contribution in [3.63, 3.8) is 0 Å². The van der Waals surface area contributed by atoms with E-state index in [-0.39, 0.29) is 0 Å². The molecule has 2 aliphatic rings. The fourth-order valence-electron chi connectivity index (χ4n) is 3.22. The zero-order valence-electron chi connectivity index (χ0n) is 10.8. The maximum Gasteiger partial charge on any atom is 0.00698 e. The molecule has 0 heterocycles. The van der Waals surface area contributed by atoms with Gasteiger partial charge in [0, 0.05) is 6.04 Å². The number of rotatable bonds is 4. The average Bonchev–Trinajstić information content (AvgIpc) is 2.38. The van der Waals surface area contributed by atoms with E-state index in [9.17, 15) is 0 Å². The SMILES string of the molecule is CCC1CCCC(NCC2CC=CCC2)C1. The molecule has 1 heteroatoms. The molecule has 0 aromatic carbocycles. The van der Waals surface area contributed by atoms with Crippen molar-refractivity contribution >= 4 is 0 Å². The minimum Gasteiger partial charge on any atom is -0.314 e. The van der Waals surface area contributed by atoms with Crippen LogP contribution in [0.1, 0.15) is 58.3 Å². The summed E-state index contributed by atoms with van der Waals surface area (Å²) >= 11 is 0. The molecule has 0 saturated heterocycles. The van der Waals surface area contributed by atoms with Crippen LogP contribution in [0.4, 0.5) is 0 Å². The quantitative estimate of drug-likeness (QED) is 0.710. The molecule has 0 bridgehead atoms. The molecule has 0 spiro atoms. The van der Waals surface area contributed by atoms with E-state index in [2.05, 4.69) is 24.4 Å². The van der Waals surface area contributed by atoms with Crippen molar-refractivity contribution in [1.29, 1.82) is 0 Å². The molecule has 0 aromatic rings. The van der Waals surface area contributed by atoms with Gasteiger partial charge in [-0.25, -0.2) is 0 Å². The molecular weight excluding hydrogens is 194 g/mol. The zero-order valence-corrected chi connectivity index (χ0v) is 10.8. The molecule has 0 amide bonds. The topological polar surface area (TPSA) is 12.0 Å². The van der Waals surface area contributed by atoms with Gasteiger partial charge in [0.15, 0.2) is 0 Å². The van der Waals surface area contributed by atoms with E-state index >= 15 is 0 Å². The highest BCUT2D eigenvalue weighted by Gasteiger charge is 2.21. The molecular formula is C15H27N. The maximum atomic E-state index is 3.82. The van der Waals surface area contributed by atoms with Crippen molar-refractivity contribution < 1.29 is 0 Å².